The van der Waals surface area contributed by atoms with Gasteiger partial charge in [-0.25, -0.2) is 0 Å². The van der Waals surface area contributed by atoms with Gasteiger partial charge in [-0.05, 0) is 29.7 Å². The quantitative estimate of drug-likeness (QED) is 0.523. The van der Waals surface area contributed by atoms with E-state index in [0.29, 0.717) is 26.2 Å². The van der Waals surface area contributed by atoms with Gasteiger partial charge in [0.1, 0.15) is 11.9 Å². The first-order chi connectivity index (χ1) is 12.8. The van der Waals surface area contributed by atoms with Crippen LogP contribution in [0.5, 0.6) is 5.75 Å². The Hall–Kier alpha value is -2.32. The topological polar surface area (TPSA) is 47.9 Å². The fraction of sp³-hybridized carbons (Fsp3) is 0.364. The van der Waals surface area contributed by atoms with Crippen LogP contribution in [0.25, 0.3) is 0 Å². The average Bonchev–Trinajstić information content (AvgIpc) is 2.68. The molecule has 0 aromatic heterocycles. The maximum absolute atomic E-state index is 9.78. The molecule has 2 aromatic rings. The van der Waals surface area contributed by atoms with Crippen molar-refractivity contribution < 1.29 is 19.3 Å². The van der Waals surface area contributed by atoms with Crippen molar-refractivity contribution in [2.24, 2.45) is 0 Å². The smallest absolute Gasteiger partial charge is 0.137 e. The number of hydrogen-bond donors (Lipinski definition) is 1. The Bertz CT molecular complexity index is 671. The van der Waals surface area contributed by atoms with Crippen molar-refractivity contribution in [3.05, 3.63) is 65.7 Å². The van der Waals surface area contributed by atoms with Crippen LogP contribution in [-0.2, 0) is 22.7 Å². The molecule has 0 bridgehead atoms. The van der Waals surface area contributed by atoms with Crippen LogP contribution in [0, 0.1) is 11.8 Å². The first-order valence-electron chi connectivity index (χ1n) is 8.76. The van der Waals surface area contributed by atoms with Gasteiger partial charge in [0.2, 0.25) is 0 Å². The molecule has 0 amide bonds. The van der Waals surface area contributed by atoms with Crippen LogP contribution in [-0.4, -0.2) is 31.5 Å². The number of methoxy groups -OCH3 is 1. The van der Waals surface area contributed by atoms with Crippen molar-refractivity contribution in [3.63, 3.8) is 0 Å². The highest BCUT2D eigenvalue weighted by molar-refractivity contribution is 5.26. The second-order valence-electron chi connectivity index (χ2n) is 5.84. The molecule has 0 aliphatic carbocycles. The molecule has 2 rings (SSSR count). The molecule has 1 N–H and O–H groups in total. The number of benzene rings is 2. The van der Waals surface area contributed by atoms with Crippen LogP contribution in [0.4, 0.5) is 0 Å². The van der Waals surface area contributed by atoms with E-state index >= 15 is 0 Å². The maximum Gasteiger partial charge on any atom is 0.137 e. The van der Waals surface area contributed by atoms with E-state index in [9.17, 15) is 5.11 Å². The van der Waals surface area contributed by atoms with Gasteiger partial charge in [0, 0.05) is 13.0 Å². The van der Waals surface area contributed by atoms with Crippen LogP contribution >= 0.6 is 0 Å². The summed E-state index contributed by atoms with van der Waals surface area (Å²) in [5, 5.41) is 9.78. The zero-order chi connectivity index (χ0) is 18.5. The van der Waals surface area contributed by atoms with Crippen LogP contribution < -0.4 is 4.74 Å². The van der Waals surface area contributed by atoms with Crippen LogP contribution in [0.3, 0.4) is 0 Å². The molecule has 0 aliphatic heterocycles. The van der Waals surface area contributed by atoms with Crippen molar-refractivity contribution in [1.82, 2.24) is 0 Å². The van der Waals surface area contributed by atoms with E-state index < -0.39 is 6.10 Å². The van der Waals surface area contributed by atoms with Gasteiger partial charge in [0.05, 0.1) is 26.9 Å². The third-order valence-electron chi connectivity index (χ3n) is 3.67. The van der Waals surface area contributed by atoms with Gasteiger partial charge in [-0.15, -0.1) is 5.92 Å². The van der Waals surface area contributed by atoms with E-state index in [1.54, 1.807) is 7.11 Å². The van der Waals surface area contributed by atoms with E-state index in [1.807, 2.05) is 54.6 Å². The predicted molar refractivity (Wildman–Crippen MR) is 102 cm³/mol. The third-order valence-corrected chi connectivity index (χ3v) is 3.67. The lowest BCUT2D eigenvalue weighted by molar-refractivity contribution is 0.0543. The van der Waals surface area contributed by atoms with Gasteiger partial charge < -0.3 is 19.3 Å². The largest absolute Gasteiger partial charge is 0.497 e. The molecule has 4 nitrogen and oxygen atoms in total. The summed E-state index contributed by atoms with van der Waals surface area (Å²) < 4.78 is 16.2. The highest BCUT2D eigenvalue weighted by atomic mass is 16.5. The molecule has 138 valence electrons. The maximum atomic E-state index is 9.78. The van der Waals surface area contributed by atoms with Gasteiger partial charge in [-0.2, -0.15) is 0 Å². The van der Waals surface area contributed by atoms with E-state index in [1.165, 1.54) is 0 Å². The fourth-order valence-corrected chi connectivity index (χ4v) is 2.27. The number of rotatable bonds is 10. The summed E-state index contributed by atoms with van der Waals surface area (Å²) in [6.45, 7) is 1.92. The highest BCUT2D eigenvalue weighted by Gasteiger charge is 1.99. The van der Waals surface area contributed by atoms with E-state index in [-0.39, 0.29) is 6.61 Å². The summed E-state index contributed by atoms with van der Waals surface area (Å²) in [5.41, 5.74) is 2.20. The number of ether oxygens (including phenoxy) is 3. The van der Waals surface area contributed by atoms with Crippen molar-refractivity contribution in [2.75, 3.05) is 20.3 Å². The summed E-state index contributed by atoms with van der Waals surface area (Å²) in [6.07, 6.45) is 0.776. The summed E-state index contributed by atoms with van der Waals surface area (Å²) >= 11 is 0. The molecule has 1 unspecified atom stereocenters. The van der Waals surface area contributed by atoms with Crippen molar-refractivity contribution in [1.29, 1.82) is 0 Å². The number of aliphatic hydroxyl groups excluding tert-OH is 1. The van der Waals surface area contributed by atoms with Gasteiger partial charge in [0.25, 0.3) is 0 Å². The lowest BCUT2D eigenvalue weighted by Gasteiger charge is -2.06. The first kappa shape index (κ1) is 20.0. The third kappa shape index (κ3) is 8.17. The van der Waals surface area contributed by atoms with Gasteiger partial charge in [0.15, 0.2) is 0 Å². The molecule has 0 saturated heterocycles. The van der Waals surface area contributed by atoms with Gasteiger partial charge in [-0.3, -0.25) is 0 Å². The molecule has 0 spiro atoms. The number of hydrogen-bond acceptors (Lipinski definition) is 4. The Kier molecular flexibility index (Phi) is 9.31. The zero-order valence-electron chi connectivity index (χ0n) is 15.2. The molecular weight excluding hydrogens is 328 g/mol. The van der Waals surface area contributed by atoms with Crippen LogP contribution in [0.2, 0.25) is 0 Å². The van der Waals surface area contributed by atoms with Gasteiger partial charge in [-0.1, -0.05) is 48.4 Å². The molecule has 0 heterocycles. The van der Waals surface area contributed by atoms with Crippen LogP contribution in [0.15, 0.2) is 54.6 Å². The van der Waals surface area contributed by atoms with E-state index in [0.717, 1.165) is 23.3 Å². The second-order valence-corrected chi connectivity index (χ2v) is 5.84. The summed E-state index contributed by atoms with van der Waals surface area (Å²) in [7, 11) is 1.65. The normalized spacial score (nSPS) is 11.5. The van der Waals surface area contributed by atoms with E-state index in [4.69, 9.17) is 14.2 Å². The zero-order valence-corrected chi connectivity index (χ0v) is 15.2. The molecule has 1 atom stereocenters. The monoisotopic (exact) mass is 354 g/mol. The Morgan fingerprint density at radius 1 is 0.923 bits per heavy atom. The van der Waals surface area contributed by atoms with Crippen molar-refractivity contribution in [3.8, 4) is 17.6 Å². The minimum absolute atomic E-state index is 0.218. The molecule has 4 heteroatoms. The average molecular weight is 354 g/mol. The minimum Gasteiger partial charge on any atom is -0.497 e. The fourth-order valence-electron chi connectivity index (χ4n) is 2.27. The Morgan fingerprint density at radius 2 is 1.62 bits per heavy atom. The first-order valence-corrected chi connectivity index (χ1v) is 8.76. The lowest BCUT2D eigenvalue weighted by Crippen LogP contribution is -2.12. The predicted octanol–water partition coefficient (Wildman–Crippen LogP) is 3.57. The molecule has 0 aliphatic rings. The van der Waals surface area contributed by atoms with Crippen molar-refractivity contribution in [2.45, 2.75) is 32.2 Å². The number of aliphatic hydroxyl groups is 1. The van der Waals surface area contributed by atoms with Gasteiger partial charge >= 0.3 is 0 Å². The molecule has 0 radical (unpaired) electrons. The Labute approximate surface area is 155 Å². The molecule has 26 heavy (non-hydrogen) atoms. The van der Waals surface area contributed by atoms with Crippen LogP contribution in [0.1, 0.15) is 24.0 Å². The second kappa shape index (κ2) is 12.1. The van der Waals surface area contributed by atoms with Crippen molar-refractivity contribution >= 4 is 0 Å². The SMILES string of the molecule is COc1ccc(COCCCC#CC(O)COCc2ccccc2)cc1. The summed E-state index contributed by atoms with van der Waals surface area (Å²) in [6, 6.07) is 17.7. The lowest BCUT2D eigenvalue weighted by atomic mass is 10.2. The molecular formula is C22H26O4. The summed E-state index contributed by atoms with van der Waals surface area (Å²) in [4.78, 5) is 0. The molecule has 0 fully saturated rings. The minimum atomic E-state index is -0.751. The van der Waals surface area contributed by atoms with E-state index in [2.05, 4.69) is 11.8 Å². The Morgan fingerprint density at radius 3 is 2.35 bits per heavy atom. The Balaban J connectivity index is 1.51. The standard InChI is InChI=1S/C22H26O4/c1-24-22-13-11-20(12-14-22)16-25-15-7-3-6-10-21(23)18-26-17-19-8-4-2-5-9-19/h2,4-5,8-9,11-14,21,23H,3,7,15-18H2,1H3. The summed E-state index contributed by atoms with van der Waals surface area (Å²) in [5.74, 6) is 6.62. The number of unbranched alkanes of at least 4 members (excludes halogenated alkanes) is 1. The molecule has 0 saturated carbocycles. The molecule has 2 aromatic carbocycles. The highest BCUT2D eigenvalue weighted by Crippen LogP contribution is 2.12.